The van der Waals surface area contributed by atoms with Crippen molar-refractivity contribution >= 4 is 23.5 Å². The Hall–Kier alpha value is -2.74. The third-order valence-corrected chi connectivity index (χ3v) is 4.45. The molecule has 0 heterocycles. The number of ketones is 2. The summed E-state index contributed by atoms with van der Waals surface area (Å²) in [6.45, 7) is 6.20. The summed E-state index contributed by atoms with van der Waals surface area (Å²) in [4.78, 5) is 44.9. The van der Waals surface area contributed by atoms with Gasteiger partial charge >= 0.3 is 11.9 Å². The summed E-state index contributed by atoms with van der Waals surface area (Å²) >= 11 is 0. The summed E-state index contributed by atoms with van der Waals surface area (Å²) in [7, 11) is 1.23. The van der Waals surface area contributed by atoms with E-state index in [1.54, 1.807) is 13.0 Å². The van der Waals surface area contributed by atoms with Crippen molar-refractivity contribution in [2.24, 2.45) is 10.8 Å². The highest BCUT2D eigenvalue weighted by Gasteiger charge is 2.43. The molecule has 2 atom stereocenters. The van der Waals surface area contributed by atoms with Crippen LogP contribution in [0.3, 0.4) is 0 Å². The molecule has 0 aliphatic carbocycles. The average molecular weight is 380 g/mol. The van der Waals surface area contributed by atoms with Crippen LogP contribution in [0, 0.1) is 33.5 Å². The van der Waals surface area contributed by atoms with Crippen LogP contribution in [0.25, 0.3) is 0 Å². The smallest absolute Gasteiger partial charge is 0.320 e. The van der Waals surface area contributed by atoms with Crippen molar-refractivity contribution in [1.82, 2.24) is 0 Å². The lowest BCUT2D eigenvalue weighted by atomic mass is 9.77. The second-order valence-corrected chi connectivity index (χ2v) is 6.24. The van der Waals surface area contributed by atoms with Gasteiger partial charge in [-0.15, -0.1) is 0 Å². The zero-order valence-corrected chi connectivity index (χ0v) is 16.6. The number of carbonyl (C=O) groups excluding carboxylic acids is 3. The predicted molar refractivity (Wildman–Crippen MR) is 96.2 cm³/mol. The van der Waals surface area contributed by atoms with Crippen LogP contribution in [0.2, 0.25) is 0 Å². The predicted octanol–water partition coefficient (Wildman–Crippen LogP) is 2.81. The maximum absolute atomic E-state index is 11.5. The number of carboxylic acids is 1. The largest absolute Gasteiger partial charge is 0.480 e. The number of hydrogen-bond acceptors (Lipinski definition) is 7. The first-order valence-corrected chi connectivity index (χ1v) is 8.64. The zero-order chi connectivity index (χ0) is 21.7. The number of rotatable bonds is 10. The van der Waals surface area contributed by atoms with Crippen LogP contribution in [0.15, 0.2) is 0 Å². The van der Waals surface area contributed by atoms with Crippen molar-refractivity contribution in [1.29, 1.82) is 10.5 Å². The van der Waals surface area contributed by atoms with E-state index in [4.69, 9.17) is 15.6 Å². The number of methoxy groups -OCH3 is 1. The molecule has 0 bridgehead atoms. The first kappa shape index (κ1) is 26.5. The van der Waals surface area contributed by atoms with Gasteiger partial charge in [-0.05, 0) is 26.7 Å². The molecule has 27 heavy (non-hydrogen) atoms. The highest BCUT2D eigenvalue weighted by atomic mass is 16.5. The Labute approximate surface area is 160 Å². The van der Waals surface area contributed by atoms with Gasteiger partial charge < -0.3 is 9.84 Å². The summed E-state index contributed by atoms with van der Waals surface area (Å²) in [5.74, 6) is -2.53. The third-order valence-electron chi connectivity index (χ3n) is 4.45. The van der Waals surface area contributed by atoms with E-state index in [-0.39, 0.29) is 25.0 Å². The number of carbonyl (C=O) groups is 4. The maximum atomic E-state index is 11.5. The number of Topliss-reactive ketones (excluding diaryl/α,β-unsaturated/α-hetero) is 2. The molecule has 0 saturated carbocycles. The van der Waals surface area contributed by atoms with E-state index in [9.17, 15) is 19.2 Å². The third kappa shape index (κ3) is 6.82. The van der Waals surface area contributed by atoms with Gasteiger partial charge in [-0.2, -0.15) is 10.5 Å². The van der Waals surface area contributed by atoms with E-state index in [0.717, 1.165) is 0 Å². The van der Waals surface area contributed by atoms with Crippen molar-refractivity contribution in [2.45, 2.75) is 66.2 Å². The molecule has 0 aromatic carbocycles. The van der Waals surface area contributed by atoms with Gasteiger partial charge in [0, 0.05) is 0 Å². The molecular weight excluding hydrogens is 352 g/mol. The van der Waals surface area contributed by atoms with Crippen LogP contribution in [0.1, 0.15) is 66.2 Å². The molecule has 0 fully saturated rings. The number of esters is 1. The zero-order valence-electron chi connectivity index (χ0n) is 16.6. The second-order valence-electron chi connectivity index (χ2n) is 6.24. The molecule has 0 radical (unpaired) electrons. The van der Waals surface area contributed by atoms with Crippen LogP contribution >= 0.6 is 0 Å². The Morgan fingerprint density at radius 3 is 1.52 bits per heavy atom. The lowest BCUT2D eigenvalue weighted by Crippen LogP contribution is -2.38. The summed E-state index contributed by atoms with van der Waals surface area (Å²) in [6.07, 6.45) is 1.48. The lowest BCUT2D eigenvalue weighted by molar-refractivity contribution is -0.158. The molecule has 8 nitrogen and oxygen atoms in total. The first-order chi connectivity index (χ1) is 12.6. The molecule has 0 amide bonds. The number of aliphatic carboxylic acids is 1. The Morgan fingerprint density at radius 1 is 0.889 bits per heavy atom. The van der Waals surface area contributed by atoms with Crippen LogP contribution in [0.5, 0.6) is 0 Å². The fraction of sp³-hybridized carbons (Fsp3) is 0.684. The van der Waals surface area contributed by atoms with Crippen molar-refractivity contribution in [2.75, 3.05) is 7.11 Å². The van der Waals surface area contributed by atoms with Crippen LogP contribution in [0.4, 0.5) is 0 Å². The molecule has 1 N–H and O–H groups in total. The molecule has 0 saturated heterocycles. The van der Waals surface area contributed by atoms with Crippen LogP contribution < -0.4 is 0 Å². The quantitative estimate of drug-likeness (QED) is 0.449. The fourth-order valence-electron chi connectivity index (χ4n) is 2.75. The summed E-state index contributed by atoms with van der Waals surface area (Å²) in [5, 5.41) is 26.0. The highest BCUT2D eigenvalue weighted by molar-refractivity contribution is 6.03. The SMILES string of the molecule is CCCC(CC#N)(C(C)=O)C(=O)OC.CCC[C@@](CC#N)(C(C)=O)C(=O)O. The molecule has 0 rings (SSSR count). The Kier molecular flexibility index (Phi) is 12.3. The van der Waals surface area contributed by atoms with E-state index in [1.165, 1.54) is 21.0 Å². The van der Waals surface area contributed by atoms with E-state index >= 15 is 0 Å². The van der Waals surface area contributed by atoms with Gasteiger partial charge in [0.1, 0.15) is 22.4 Å². The Bertz CT molecular complexity index is 615. The minimum absolute atomic E-state index is 0.108. The standard InChI is InChI=1S/C10H15NO3.C9H13NO3/c1-4-5-10(6-7-11,8(2)12)9(13)14-3;1-3-4-9(5-6-10,7(2)11)8(12)13/h4-6H2,1-3H3;3-5H2,1-2H3,(H,12,13)/t;9-/m.1/s1. The van der Waals surface area contributed by atoms with Gasteiger partial charge in [-0.1, -0.05) is 26.7 Å². The van der Waals surface area contributed by atoms with E-state index in [1.807, 2.05) is 13.0 Å². The van der Waals surface area contributed by atoms with Gasteiger partial charge in [-0.25, -0.2) is 0 Å². The van der Waals surface area contributed by atoms with Crippen molar-refractivity contribution in [3.05, 3.63) is 0 Å². The number of nitrogens with zero attached hydrogens (tertiary/aromatic N) is 2. The molecular formula is C19H28N2O6. The summed E-state index contributed by atoms with van der Waals surface area (Å²) < 4.78 is 4.57. The molecule has 150 valence electrons. The van der Waals surface area contributed by atoms with Crippen LogP contribution in [-0.4, -0.2) is 35.7 Å². The minimum atomic E-state index is -1.48. The molecule has 0 spiro atoms. The van der Waals surface area contributed by atoms with Crippen LogP contribution in [-0.2, 0) is 23.9 Å². The monoisotopic (exact) mass is 380 g/mol. The number of carboxylic acid groups (broad SMARTS) is 1. The topological polar surface area (TPSA) is 145 Å². The van der Waals surface area contributed by atoms with Gasteiger partial charge in [0.15, 0.2) is 0 Å². The van der Waals surface area contributed by atoms with Gasteiger partial charge in [0.25, 0.3) is 0 Å². The first-order valence-electron chi connectivity index (χ1n) is 8.64. The molecule has 0 aromatic rings. The average Bonchev–Trinajstić information content (AvgIpc) is 2.60. The van der Waals surface area contributed by atoms with Crippen molar-refractivity contribution in [3.8, 4) is 12.1 Å². The normalized spacial score (nSPS) is 14.0. The summed E-state index contributed by atoms with van der Waals surface area (Å²) in [5.41, 5.74) is -2.73. The molecule has 0 aliphatic heterocycles. The van der Waals surface area contributed by atoms with Crippen molar-refractivity contribution < 1.29 is 29.0 Å². The molecule has 0 aliphatic rings. The molecule has 8 heteroatoms. The van der Waals surface area contributed by atoms with Gasteiger partial charge in [0.05, 0.1) is 32.1 Å². The van der Waals surface area contributed by atoms with Gasteiger partial charge in [-0.3, -0.25) is 19.2 Å². The van der Waals surface area contributed by atoms with E-state index < -0.39 is 28.6 Å². The van der Waals surface area contributed by atoms with E-state index in [0.29, 0.717) is 19.3 Å². The highest BCUT2D eigenvalue weighted by Crippen LogP contribution is 2.31. The Balaban J connectivity index is 0. The number of nitriles is 2. The molecule has 0 aromatic heterocycles. The van der Waals surface area contributed by atoms with E-state index in [2.05, 4.69) is 4.74 Å². The Morgan fingerprint density at radius 2 is 1.26 bits per heavy atom. The summed E-state index contributed by atoms with van der Waals surface area (Å²) in [6, 6.07) is 3.62. The minimum Gasteiger partial charge on any atom is -0.480 e. The number of ether oxygens (including phenoxy) is 1. The lowest BCUT2D eigenvalue weighted by Gasteiger charge is -2.24. The molecule has 1 unspecified atom stereocenters. The maximum Gasteiger partial charge on any atom is 0.320 e. The fourth-order valence-corrected chi connectivity index (χ4v) is 2.75. The second kappa shape index (κ2) is 12.6. The van der Waals surface area contributed by atoms with Crippen molar-refractivity contribution in [3.63, 3.8) is 0 Å². The number of hydrogen-bond donors (Lipinski definition) is 1. The van der Waals surface area contributed by atoms with Gasteiger partial charge in [0.2, 0.25) is 0 Å².